The van der Waals surface area contributed by atoms with Crippen molar-refractivity contribution < 1.29 is 19.1 Å². The predicted octanol–water partition coefficient (Wildman–Crippen LogP) is 1.76. The first kappa shape index (κ1) is 16.0. The van der Waals surface area contributed by atoms with E-state index in [1.165, 1.54) is 6.26 Å². The van der Waals surface area contributed by atoms with Gasteiger partial charge in [0.2, 0.25) is 5.91 Å². The number of halogens is 1. The van der Waals surface area contributed by atoms with E-state index in [0.29, 0.717) is 17.7 Å². The maximum absolute atomic E-state index is 12.7. The van der Waals surface area contributed by atoms with E-state index in [9.17, 15) is 14.7 Å². The molecular weight excluding hydrogens is 364 g/mol. The molecule has 3 rings (SSSR count). The van der Waals surface area contributed by atoms with Gasteiger partial charge in [-0.05, 0) is 22.0 Å². The number of carbonyl (C=O) groups excluding carboxylic acids is 2. The van der Waals surface area contributed by atoms with Crippen LogP contribution < -0.4 is 5.32 Å². The molecule has 1 aliphatic heterocycles. The Labute approximate surface area is 141 Å². The first-order valence-corrected chi connectivity index (χ1v) is 8.14. The van der Waals surface area contributed by atoms with Crippen molar-refractivity contribution in [3.05, 3.63) is 34.5 Å². The quantitative estimate of drug-likeness (QED) is 0.849. The van der Waals surface area contributed by atoms with E-state index in [4.69, 9.17) is 4.42 Å². The molecule has 23 heavy (non-hydrogen) atoms. The Balaban J connectivity index is 1.81. The van der Waals surface area contributed by atoms with Crippen molar-refractivity contribution in [2.45, 2.75) is 12.5 Å². The molecular formula is C16H17BrN2O4. The highest BCUT2D eigenvalue weighted by atomic mass is 79.9. The average Bonchev–Trinajstić information content (AvgIpc) is 3.12. The zero-order chi connectivity index (χ0) is 16.6. The van der Waals surface area contributed by atoms with Gasteiger partial charge >= 0.3 is 0 Å². The van der Waals surface area contributed by atoms with E-state index >= 15 is 0 Å². The van der Waals surface area contributed by atoms with Gasteiger partial charge in [0, 0.05) is 37.9 Å². The number of rotatable bonds is 3. The molecule has 2 aromatic rings. The standard InChI is InChI=1S/C16H17BrN2O4/c1-18-14(21)5-9-6-19(7-13(9)20)16(22)11-8-23-15-10(11)3-2-4-12(15)17/h2-4,8-9,13,20H,5-7H2,1H3,(H,18,21)/t9-,13-/m1/s1. The molecule has 7 heteroatoms. The topological polar surface area (TPSA) is 82.8 Å². The number of carbonyl (C=O) groups is 2. The molecule has 0 saturated carbocycles. The molecule has 2 heterocycles. The van der Waals surface area contributed by atoms with Gasteiger partial charge in [-0.3, -0.25) is 9.59 Å². The number of fused-ring (bicyclic) bond motifs is 1. The molecule has 2 amide bonds. The van der Waals surface area contributed by atoms with Crippen LogP contribution in [-0.2, 0) is 4.79 Å². The van der Waals surface area contributed by atoms with Crippen molar-refractivity contribution in [3.8, 4) is 0 Å². The molecule has 2 atom stereocenters. The number of nitrogens with one attached hydrogen (secondary N) is 1. The Kier molecular flexibility index (Phi) is 4.41. The van der Waals surface area contributed by atoms with Crippen molar-refractivity contribution in [3.63, 3.8) is 0 Å². The van der Waals surface area contributed by atoms with Crippen LogP contribution in [0.5, 0.6) is 0 Å². The summed E-state index contributed by atoms with van der Waals surface area (Å²) in [4.78, 5) is 25.8. The van der Waals surface area contributed by atoms with Crippen LogP contribution in [0.25, 0.3) is 11.0 Å². The lowest BCUT2D eigenvalue weighted by molar-refractivity contribution is -0.122. The molecule has 1 aromatic carbocycles. The van der Waals surface area contributed by atoms with Crippen molar-refractivity contribution >= 4 is 38.7 Å². The van der Waals surface area contributed by atoms with Gasteiger partial charge in [0.05, 0.1) is 16.1 Å². The zero-order valence-electron chi connectivity index (χ0n) is 12.6. The van der Waals surface area contributed by atoms with Gasteiger partial charge < -0.3 is 19.7 Å². The number of para-hydroxylation sites is 1. The summed E-state index contributed by atoms with van der Waals surface area (Å²) in [6, 6.07) is 5.51. The van der Waals surface area contributed by atoms with Crippen LogP contribution in [0, 0.1) is 5.92 Å². The number of likely N-dealkylation sites (tertiary alicyclic amines) is 1. The second-order valence-corrected chi connectivity index (χ2v) is 6.54. The van der Waals surface area contributed by atoms with Gasteiger partial charge in [0.25, 0.3) is 5.91 Å². The molecule has 1 aromatic heterocycles. The van der Waals surface area contributed by atoms with Crippen LogP contribution in [0.4, 0.5) is 0 Å². The Morgan fingerprint density at radius 3 is 2.96 bits per heavy atom. The lowest BCUT2D eigenvalue weighted by Gasteiger charge is -2.15. The normalized spacial score (nSPS) is 20.9. The Morgan fingerprint density at radius 1 is 1.43 bits per heavy atom. The average molecular weight is 381 g/mol. The number of aliphatic hydroxyl groups excluding tert-OH is 1. The highest BCUT2D eigenvalue weighted by molar-refractivity contribution is 9.10. The summed E-state index contributed by atoms with van der Waals surface area (Å²) < 4.78 is 6.26. The van der Waals surface area contributed by atoms with Gasteiger partial charge in [-0.2, -0.15) is 0 Å². The minimum absolute atomic E-state index is 0.138. The van der Waals surface area contributed by atoms with E-state index in [-0.39, 0.29) is 30.7 Å². The number of nitrogens with zero attached hydrogens (tertiary/aromatic N) is 1. The Morgan fingerprint density at radius 2 is 2.22 bits per heavy atom. The van der Waals surface area contributed by atoms with Gasteiger partial charge in [-0.1, -0.05) is 12.1 Å². The summed E-state index contributed by atoms with van der Waals surface area (Å²) in [6.07, 6.45) is 0.955. The molecule has 0 spiro atoms. The van der Waals surface area contributed by atoms with E-state index in [1.54, 1.807) is 11.9 Å². The third kappa shape index (κ3) is 2.98. The van der Waals surface area contributed by atoms with E-state index in [1.807, 2.05) is 18.2 Å². The van der Waals surface area contributed by atoms with Crippen molar-refractivity contribution in [1.29, 1.82) is 0 Å². The first-order chi connectivity index (χ1) is 11.0. The van der Waals surface area contributed by atoms with Gasteiger partial charge in [-0.25, -0.2) is 0 Å². The summed E-state index contributed by atoms with van der Waals surface area (Å²) in [7, 11) is 1.56. The maximum Gasteiger partial charge on any atom is 0.257 e. The van der Waals surface area contributed by atoms with Crippen LogP contribution >= 0.6 is 15.9 Å². The molecule has 0 bridgehead atoms. The Hall–Kier alpha value is -1.86. The highest BCUT2D eigenvalue weighted by Crippen LogP contribution is 2.30. The molecule has 1 aliphatic rings. The maximum atomic E-state index is 12.7. The fourth-order valence-corrected chi connectivity index (χ4v) is 3.38. The fraction of sp³-hybridized carbons (Fsp3) is 0.375. The summed E-state index contributed by atoms with van der Waals surface area (Å²) >= 11 is 3.39. The minimum atomic E-state index is -0.693. The summed E-state index contributed by atoms with van der Waals surface area (Å²) in [5.41, 5.74) is 1.09. The van der Waals surface area contributed by atoms with Crippen molar-refractivity contribution in [2.75, 3.05) is 20.1 Å². The molecule has 1 fully saturated rings. The largest absolute Gasteiger partial charge is 0.462 e. The van der Waals surface area contributed by atoms with Crippen LogP contribution in [0.3, 0.4) is 0 Å². The third-order valence-electron chi connectivity index (χ3n) is 4.20. The first-order valence-electron chi connectivity index (χ1n) is 7.35. The van der Waals surface area contributed by atoms with Gasteiger partial charge in [0.1, 0.15) is 11.8 Å². The number of aliphatic hydroxyl groups is 1. The minimum Gasteiger partial charge on any atom is -0.462 e. The molecule has 0 aliphatic carbocycles. The molecule has 0 radical (unpaired) electrons. The van der Waals surface area contributed by atoms with E-state index in [2.05, 4.69) is 21.2 Å². The lowest BCUT2D eigenvalue weighted by Crippen LogP contribution is -2.29. The molecule has 6 nitrogen and oxygen atoms in total. The zero-order valence-corrected chi connectivity index (χ0v) is 14.2. The number of β-amino-alcohol motifs (C(OH)–C–C–N with tert-alkyl or cyclic N) is 1. The van der Waals surface area contributed by atoms with Gasteiger partial charge in [-0.15, -0.1) is 0 Å². The molecule has 0 unspecified atom stereocenters. The van der Waals surface area contributed by atoms with Crippen LogP contribution in [0.1, 0.15) is 16.8 Å². The number of amides is 2. The highest BCUT2D eigenvalue weighted by Gasteiger charge is 2.36. The predicted molar refractivity (Wildman–Crippen MR) is 88.0 cm³/mol. The lowest BCUT2D eigenvalue weighted by atomic mass is 10.0. The summed E-state index contributed by atoms with van der Waals surface area (Å²) in [6.45, 7) is 0.579. The smallest absolute Gasteiger partial charge is 0.257 e. The van der Waals surface area contributed by atoms with Gasteiger partial charge in [0.15, 0.2) is 0 Å². The SMILES string of the molecule is CNC(=O)C[C@@H]1CN(C(=O)c2coc3c(Br)cccc23)C[C@H]1O. The molecule has 2 N–H and O–H groups in total. The number of hydrogen-bond acceptors (Lipinski definition) is 4. The van der Waals surface area contributed by atoms with Crippen LogP contribution in [0.15, 0.2) is 33.4 Å². The van der Waals surface area contributed by atoms with Crippen molar-refractivity contribution in [2.24, 2.45) is 5.92 Å². The Bertz CT molecular complexity index is 758. The number of hydrogen-bond donors (Lipinski definition) is 2. The van der Waals surface area contributed by atoms with E-state index < -0.39 is 6.10 Å². The summed E-state index contributed by atoms with van der Waals surface area (Å²) in [5.74, 6) is -0.579. The van der Waals surface area contributed by atoms with E-state index in [0.717, 1.165) is 9.86 Å². The number of furan rings is 1. The number of benzene rings is 1. The van der Waals surface area contributed by atoms with Crippen molar-refractivity contribution in [1.82, 2.24) is 10.2 Å². The summed E-state index contributed by atoms with van der Waals surface area (Å²) in [5, 5.41) is 13.4. The van der Waals surface area contributed by atoms with Crippen LogP contribution in [0.2, 0.25) is 0 Å². The monoisotopic (exact) mass is 380 g/mol. The third-order valence-corrected chi connectivity index (χ3v) is 4.83. The molecule has 122 valence electrons. The second kappa shape index (κ2) is 6.33. The van der Waals surface area contributed by atoms with Crippen LogP contribution in [-0.4, -0.2) is 48.1 Å². The second-order valence-electron chi connectivity index (χ2n) is 5.68. The molecule has 1 saturated heterocycles. The fourth-order valence-electron chi connectivity index (χ4n) is 2.92.